The Kier molecular flexibility index (Phi) is 5.43. The van der Waals surface area contributed by atoms with E-state index >= 15 is 0 Å². The third-order valence-corrected chi connectivity index (χ3v) is 4.06. The van der Waals surface area contributed by atoms with Crippen LogP contribution >= 0.6 is 0 Å². The van der Waals surface area contributed by atoms with Crippen LogP contribution in [0.3, 0.4) is 0 Å². The maximum Gasteiger partial charge on any atom is 0.414 e. The van der Waals surface area contributed by atoms with Crippen molar-refractivity contribution in [2.45, 2.75) is 13.0 Å². The molecule has 144 valence electrons. The first-order valence-electron chi connectivity index (χ1n) is 8.27. The number of benzene rings is 1. The average molecular weight is 377 g/mol. The van der Waals surface area contributed by atoms with E-state index in [-0.39, 0.29) is 19.0 Å². The summed E-state index contributed by atoms with van der Waals surface area (Å²) in [5, 5.41) is 6.26. The van der Waals surface area contributed by atoms with Crippen molar-refractivity contribution < 1.29 is 23.6 Å². The number of carbonyl (C=O) groups excluding carboxylic acids is 2. The third-order valence-electron chi connectivity index (χ3n) is 4.06. The molecule has 1 fully saturated rings. The van der Waals surface area contributed by atoms with Crippen molar-refractivity contribution in [3.8, 4) is 0 Å². The van der Waals surface area contributed by atoms with Crippen molar-refractivity contribution in [1.82, 2.24) is 10.2 Å². The summed E-state index contributed by atoms with van der Waals surface area (Å²) in [6, 6.07) is 4.54. The Morgan fingerprint density at radius 3 is 3.00 bits per heavy atom. The zero-order valence-corrected chi connectivity index (χ0v) is 15.0. The smallest absolute Gasteiger partial charge is 0.414 e. The Balaban J connectivity index is 1.67. The molecule has 0 aliphatic carbocycles. The number of nitrogens with one attached hydrogen (secondary N) is 1. The van der Waals surface area contributed by atoms with Crippen molar-refractivity contribution in [1.29, 1.82) is 0 Å². The number of oxime groups is 1. The predicted molar refractivity (Wildman–Crippen MR) is 96.5 cm³/mol. The van der Waals surface area contributed by atoms with Crippen molar-refractivity contribution in [3.63, 3.8) is 0 Å². The quantitative estimate of drug-likeness (QED) is 0.459. The summed E-state index contributed by atoms with van der Waals surface area (Å²) in [7, 11) is 1.44. The van der Waals surface area contributed by atoms with Crippen LogP contribution in [0.5, 0.6) is 0 Å². The first kappa shape index (κ1) is 18.5. The highest BCUT2D eigenvalue weighted by Gasteiger charge is 2.33. The Hall–Kier alpha value is -3.30. The normalized spacial score (nSPS) is 19.1. The molecule has 0 saturated carbocycles. The van der Waals surface area contributed by atoms with Gasteiger partial charge in [-0.1, -0.05) is 5.16 Å². The molecular weight excluding hydrogens is 357 g/mol. The number of carbonyl (C=O) groups is 2. The minimum atomic E-state index is -0.569. The fraction of sp³-hybridized carbons (Fsp3) is 0.353. The summed E-state index contributed by atoms with van der Waals surface area (Å²) in [6.07, 6.45) is 3.89. The lowest BCUT2D eigenvalue weighted by molar-refractivity contribution is -0.119. The molecule has 2 amide bonds. The third kappa shape index (κ3) is 4.27. The van der Waals surface area contributed by atoms with Gasteiger partial charge in [-0.2, -0.15) is 0 Å². The van der Waals surface area contributed by atoms with E-state index in [1.807, 2.05) is 0 Å². The number of rotatable bonds is 6. The van der Waals surface area contributed by atoms with Crippen LogP contribution in [-0.2, 0) is 14.4 Å². The molecule has 2 heterocycles. The molecule has 2 aliphatic rings. The van der Waals surface area contributed by atoms with E-state index in [4.69, 9.17) is 4.74 Å². The molecule has 0 unspecified atom stereocenters. The minimum Gasteiger partial charge on any atom is -0.442 e. The minimum absolute atomic E-state index is 0.205. The summed E-state index contributed by atoms with van der Waals surface area (Å²) < 4.78 is 19.8. The first-order valence-corrected chi connectivity index (χ1v) is 8.27. The van der Waals surface area contributed by atoms with Gasteiger partial charge < -0.3 is 24.7 Å². The van der Waals surface area contributed by atoms with Crippen LogP contribution in [-0.4, -0.2) is 56.2 Å². The van der Waals surface area contributed by atoms with Crippen LogP contribution in [0.15, 0.2) is 35.8 Å². The average Bonchev–Trinajstić information content (AvgIpc) is 3.24. The highest BCUT2D eigenvalue weighted by atomic mass is 19.1. The molecule has 1 aromatic carbocycles. The molecule has 1 atom stereocenters. The number of hydrogen-bond acceptors (Lipinski definition) is 6. The number of ether oxygens (including phenoxy) is 1. The second-order valence-corrected chi connectivity index (χ2v) is 6.02. The van der Waals surface area contributed by atoms with Crippen molar-refractivity contribution in [2.75, 3.05) is 36.7 Å². The summed E-state index contributed by atoms with van der Waals surface area (Å²) in [5.41, 5.74) is 0.762. The van der Waals surface area contributed by atoms with Crippen LogP contribution in [0.1, 0.15) is 6.92 Å². The van der Waals surface area contributed by atoms with E-state index in [1.165, 1.54) is 31.3 Å². The molecule has 0 aromatic heterocycles. The van der Waals surface area contributed by atoms with Crippen LogP contribution in [0.2, 0.25) is 0 Å². The maximum absolute atomic E-state index is 14.6. The van der Waals surface area contributed by atoms with Gasteiger partial charge in [0.05, 0.1) is 31.1 Å². The molecule has 10 heteroatoms. The van der Waals surface area contributed by atoms with Crippen LogP contribution < -0.4 is 15.1 Å². The fourth-order valence-corrected chi connectivity index (χ4v) is 2.77. The summed E-state index contributed by atoms with van der Waals surface area (Å²) in [4.78, 5) is 32.4. The van der Waals surface area contributed by atoms with Gasteiger partial charge >= 0.3 is 6.09 Å². The van der Waals surface area contributed by atoms with Crippen molar-refractivity contribution in [3.05, 3.63) is 36.4 Å². The first-order chi connectivity index (χ1) is 13.0. The molecule has 1 N–H and O–H groups in total. The molecule has 0 radical (unpaired) electrons. The van der Waals surface area contributed by atoms with Gasteiger partial charge in [-0.25, -0.2) is 9.18 Å². The Morgan fingerprint density at radius 1 is 1.48 bits per heavy atom. The van der Waals surface area contributed by atoms with Gasteiger partial charge in [-0.15, -0.1) is 0 Å². The predicted octanol–water partition coefficient (Wildman–Crippen LogP) is 1.43. The van der Waals surface area contributed by atoms with Crippen molar-refractivity contribution >= 4 is 29.7 Å². The number of hydrogen-bond donors (Lipinski definition) is 1. The number of cyclic esters (lactones) is 1. The standard InChI is InChI=1S/C17H20FN5O4/c1-12(24)19-8-14-9-23(17(25)27-14)13-3-4-16(15(18)7-13)22-6-5-21(11-22)10-20-26-2/h3-7,10,14H,8-9,11H2,1-2H3,(H,19,24)/t14-/m0/s1. The zero-order chi connectivity index (χ0) is 19.4. The van der Waals surface area contributed by atoms with E-state index in [1.54, 1.807) is 34.3 Å². The second kappa shape index (κ2) is 7.94. The van der Waals surface area contributed by atoms with Gasteiger partial charge in [-0.3, -0.25) is 9.69 Å². The summed E-state index contributed by atoms with van der Waals surface area (Å²) >= 11 is 0. The number of halogens is 1. The summed E-state index contributed by atoms with van der Waals surface area (Å²) in [5.74, 6) is -0.677. The number of amides is 2. The Bertz CT molecular complexity index is 785. The van der Waals surface area contributed by atoms with E-state index in [9.17, 15) is 14.0 Å². The Morgan fingerprint density at radius 2 is 2.30 bits per heavy atom. The van der Waals surface area contributed by atoms with E-state index < -0.39 is 18.0 Å². The highest BCUT2D eigenvalue weighted by molar-refractivity contribution is 5.90. The van der Waals surface area contributed by atoms with Crippen molar-refractivity contribution in [2.24, 2.45) is 5.16 Å². The molecule has 2 aliphatic heterocycles. The van der Waals surface area contributed by atoms with E-state index in [0.29, 0.717) is 18.0 Å². The fourth-order valence-electron chi connectivity index (χ4n) is 2.77. The monoisotopic (exact) mass is 377 g/mol. The van der Waals surface area contributed by atoms with Gasteiger partial charge in [0.2, 0.25) is 5.91 Å². The van der Waals surface area contributed by atoms with Crippen LogP contribution in [0.25, 0.3) is 0 Å². The molecule has 1 aromatic rings. The lowest BCUT2D eigenvalue weighted by Crippen LogP contribution is -2.33. The lowest BCUT2D eigenvalue weighted by Gasteiger charge is -2.20. The lowest BCUT2D eigenvalue weighted by atomic mass is 10.2. The maximum atomic E-state index is 14.6. The highest BCUT2D eigenvalue weighted by Crippen LogP contribution is 2.29. The molecule has 27 heavy (non-hydrogen) atoms. The van der Waals surface area contributed by atoms with Gasteiger partial charge in [0.25, 0.3) is 0 Å². The number of anilines is 2. The zero-order valence-electron chi connectivity index (χ0n) is 15.0. The molecule has 0 bridgehead atoms. The van der Waals surface area contributed by atoms with E-state index in [2.05, 4.69) is 15.3 Å². The van der Waals surface area contributed by atoms with Gasteiger partial charge in [0, 0.05) is 19.3 Å². The molecule has 0 spiro atoms. The van der Waals surface area contributed by atoms with E-state index in [0.717, 1.165) is 0 Å². The molecule has 9 nitrogen and oxygen atoms in total. The SMILES string of the molecule is CON=CN1C=CN(c2ccc(N3C[C@H](CNC(C)=O)OC3=O)cc2F)C1. The van der Waals surface area contributed by atoms with Gasteiger partial charge in [0.1, 0.15) is 25.4 Å². The molecule has 3 rings (SSSR count). The van der Waals surface area contributed by atoms with Gasteiger partial charge in [-0.05, 0) is 18.2 Å². The topological polar surface area (TPSA) is 86.7 Å². The Labute approximate surface area is 155 Å². The largest absolute Gasteiger partial charge is 0.442 e. The van der Waals surface area contributed by atoms with Crippen LogP contribution in [0, 0.1) is 5.82 Å². The molecular formula is C17H20FN5O4. The molecule has 1 saturated heterocycles. The van der Waals surface area contributed by atoms with Gasteiger partial charge in [0.15, 0.2) is 0 Å². The van der Waals surface area contributed by atoms with Crippen LogP contribution in [0.4, 0.5) is 20.6 Å². The summed E-state index contributed by atoms with van der Waals surface area (Å²) in [6.45, 7) is 2.23. The second-order valence-electron chi connectivity index (χ2n) is 6.02. The number of nitrogens with zero attached hydrogens (tertiary/aromatic N) is 4.